The molecular weight excluding hydrogens is 430 g/mol. The van der Waals surface area contributed by atoms with Crippen molar-refractivity contribution in [1.82, 2.24) is 24.4 Å². The number of aryl methyl sites for hydroxylation is 2. The normalized spacial score (nSPS) is 16.6. The quantitative estimate of drug-likeness (QED) is 0.473. The van der Waals surface area contributed by atoms with Crippen LogP contribution in [0.5, 0.6) is 0 Å². The van der Waals surface area contributed by atoms with Gasteiger partial charge in [-0.1, -0.05) is 24.3 Å². The van der Waals surface area contributed by atoms with Crippen molar-refractivity contribution in [3.8, 4) is 11.3 Å². The monoisotopic (exact) mass is 457 g/mol. The molecule has 2 aromatic carbocycles. The third kappa shape index (κ3) is 4.00. The van der Waals surface area contributed by atoms with Gasteiger partial charge in [-0.05, 0) is 37.7 Å². The molecular formula is C25H27N7O2. The molecule has 1 fully saturated rings. The zero-order valence-electron chi connectivity index (χ0n) is 19.4. The minimum absolute atomic E-state index is 0.0815. The fraction of sp³-hybridized carbons (Fsp3) is 0.280. The van der Waals surface area contributed by atoms with Crippen molar-refractivity contribution in [1.29, 1.82) is 0 Å². The minimum Gasteiger partial charge on any atom is -0.378 e. The average molecular weight is 458 g/mol. The lowest BCUT2D eigenvalue weighted by Crippen LogP contribution is -2.36. The fourth-order valence-electron chi connectivity index (χ4n) is 4.35. The topological polar surface area (TPSA) is 111 Å². The molecule has 0 spiro atoms. The van der Waals surface area contributed by atoms with Crippen molar-refractivity contribution in [3.63, 3.8) is 0 Å². The maximum atomic E-state index is 12.3. The number of aromatic nitrogens is 4. The smallest absolute Gasteiger partial charge is 0.271 e. The maximum Gasteiger partial charge on any atom is 0.271 e. The van der Waals surface area contributed by atoms with E-state index >= 15 is 0 Å². The summed E-state index contributed by atoms with van der Waals surface area (Å²) in [5.41, 5.74) is 11.6. The molecule has 1 atom stereocenters. The number of hydrogen-bond donors (Lipinski definition) is 2. The third-order valence-corrected chi connectivity index (χ3v) is 6.27. The number of primary amides is 1. The molecule has 0 radical (unpaired) electrons. The highest BCUT2D eigenvalue weighted by Gasteiger charge is 2.22. The Balaban J connectivity index is 1.48. The Kier molecular flexibility index (Phi) is 5.72. The molecule has 1 aliphatic heterocycles. The van der Waals surface area contributed by atoms with Crippen LogP contribution in [-0.4, -0.2) is 57.1 Å². The lowest BCUT2D eigenvalue weighted by molar-refractivity contribution is 0.00506. The number of nitrogens with zero attached hydrogens (tertiary/aromatic N) is 5. The Hall–Kier alpha value is -3.82. The highest BCUT2D eigenvalue weighted by Crippen LogP contribution is 2.31. The molecule has 1 aliphatic rings. The Bertz CT molecular complexity index is 1360. The number of morpholine rings is 1. The summed E-state index contributed by atoms with van der Waals surface area (Å²) < 4.78 is 7.57. The largest absolute Gasteiger partial charge is 0.378 e. The summed E-state index contributed by atoms with van der Waals surface area (Å²) in [6, 6.07) is 14.1. The van der Waals surface area contributed by atoms with Gasteiger partial charge >= 0.3 is 0 Å². The lowest BCUT2D eigenvalue weighted by Gasteiger charge is -2.32. The van der Waals surface area contributed by atoms with Crippen LogP contribution in [0.15, 0.2) is 48.8 Å². The fourth-order valence-corrected chi connectivity index (χ4v) is 4.35. The van der Waals surface area contributed by atoms with Crippen LogP contribution in [0.25, 0.3) is 22.3 Å². The molecule has 9 nitrogen and oxygen atoms in total. The second-order valence-corrected chi connectivity index (χ2v) is 8.57. The maximum absolute atomic E-state index is 12.3. The first-order chi connectivity index (χ1) is 16.4. The van der Waals surface area contributed by atoms with E-state index in [-0.39, 0.29) is 11.7 Å². The van der Waals surface area contributed by atoms with E-state index in [4.69, 9.17) is 10.5 Å². The number of ether oxygens (including phenoxy) is 1. The Morgan fingerprint density at radius 2 is 1.94 bits per heavy atom. The highest BCUT2D eigenvalue weighted by molar-refractivity contribution is 5.98. The van der Waals surface area contributed by atoms with E-state index in [2.05, 4.69) is 44.3 Å². The van der Waals surface area contributed by atoms with E-state index < -0.39 is 5.91 Å². The molecule has 3 N–H and O–H groups in total. The molecule has 3 heterocycles. The molecule has 174 valence electrons. The number of fused-ring (bicyclic) bond motifs is 1. The summed E-state index contributed by atoms with van der Waals surface area (Å²) in [7, 11) is 4.04. The SMILES string of the molecule is Cc1nc(Nc2ccc([C@H]3COCCN3C)cc2)c(C(N)=O)nc1-c1cccc2c1ncn2C. The number of para-hydroxylation sites is 1. The molecule has 4 aromatic rings. The number of nitrogens with one attached hydrogen (secondary N) is 1. The second kappa shape index (κ2) is 8.85. The van der Waals surface area contributed by atoms with Crippen molar-refractivity contribution < 1.29 is 9.53 Å². The van der Waals surface area contributed by atoms with Gasteiger partial charge in [0.05, 0.1) is 48.0 Å². The summed E-state index contributed by atoms with van der Waals surface area (Å²) in [6.45, 7) is 4.19. The van der Waals surface area contributed by atoms with Gasteiger partial charge in [-0.15, -0.1) is 0 Å². The number of anilines is 2. The Morgan fingerprint density at radius 1 is 1.15 bits per heavy atom. The van der Waals surface area contributed by atoms with Crippen LogP contribution in [0.1, 0.15) is 27.8 Å². The zero-order chi connectivity index (χ0) is 23.8. The number of nitrogens with two attached hydrogens (primary N) is 1. The number of rotatable bonds is 5. The van der Waals surface area contributed by atoms with E-state index in [1.807, 2.05) is 48.9 Å². The molecule has 34 heavy (non-hydrogen) atoms. The molecule has 0 bridgehead atoms. The highest BCUT2D eigenvalue weighted by atomic mass is 16.5. The molecule has 0 saturated carbocycles. The molecule has 0 aliphatic carbocycles. The van der Waals surface area contributed by atoms with Crippen molar-refractivity contribution in [2.75, 3.05) is 32.1 Å². The number of carbonyl (C=O) groups excluding carboxylic acids is 1. The van der Waals surface area contributed by atoms with Gasteiger partial charge in [0.25, 0.3) is 5.91 Å². The molecule has 0 unspecified atom stereocenters. The van der Waals surface area contributed by atoms with E-state index in [1.54, 1.807) is 6.33 Å². The van der Waals surface area contributed by atoms with E-state index in [0.29, 0.717) is 23.8 Å². The molecule has 9 heteroatoms. The van der Waals surface area contributed by atoms with Crippen LogP contribution in [0.2, 0.25) is 0 Å². The van der Waals surface area contributed by atoms with Crippen molar-refractivity contribution >= 4 is 28.4 Å². The van der Waals surface area contributed by atoms with Crippen LogP contribution in [-0.2, 0) is 11.8 Å². The summed E-state index contributed by atoms with van der Waals surface area (Å²) in [6.07, 6.45) is 1.75. The Morgan fingerprint density at radius 3 is 2.68 bits per heavy atom. The van der Waals surface area contributed by atoms with Crippen LogP contribution >= 0.6 is 0 Å². The minimum atomic E-state index is -0.651. The van der Waals surface area contributed by atoms with Gasteiger partial charge in [-0.2, -0.15) is 0 Å². The zero-order valence-corrected chi connectivity index (χ0v) is 19.4. The number of benzene rings is 2. The standard InChI is InChI=1S/C25H27N7O2/c1-15-21(18-5-4-6-19-22(18)27-14-32(19)3)30-23(24(26)33)25(28-15)29-17-9-7-16(8-10-17)20-13-34-12-11-31(20)2/h4-10,14,20H,11-13H2,1-3H3,(H2,26,33)(H,28,29)/t20-/m1/s1. The first-order valence-corrected chi connectivity index (χ1v) is 11.2. The van der Waals surface area contributed by atoms with Crippen LogP contribution in [0.4, 0.5) is 11.5 Å². The molecule has 5 rings (SSSR count). The first kappa shape index (κ1) is 22.0. The summed E-state index contributed by atoms with van der Waals surface area (Å²) in [5, 5.41) is 3.22. The Labute approximate surface area is 197 Å². The van der Waals surface area contributed by atoms with Gasteiger partial charge < -0.3 is 20.4 Å². The molecule has 2 aromatic heterocycles. The first-order valence-electron chi connectivity index (χ1n) is 11.2. The molecule has 1 amide bonds. The second-order valence-electron chi connectivity index (χ2n) is 8.57. The predicted molar refractivity (Wildman–Crippen MR) is 131 cm³/mol. The van der Waals surface area contributed by atoms with Crippen molar-refractivity contribution in [2.24, 2.45) is 12.8 Å². The van der Waals surface area contributed by atoms with Gasteiger partial charge in [0.2, 0.25) is 0 Å². The predicted octanol–water partition coefficient (Wildman–Crippen LogP) is 3.18. The van der Waals surface area contributed by atoms with E-state index in [1.165, 1.54) is 5.56 Å². The van der Waals surface area contributed by atoms with E-state index in [0.717, 1.165) is 35.4 Å². The average Bonchev–Trinajstić information content (AvgIpc) is 3.21. The van der Waals surface area contributed by atoms with Gasteiger partial charge in [0.1, 0.15) is 0 Å². The number of amides is 1. The number of hydrogen-bond acceptors (Lipinski definition) is 7. The third-order valence-electron chi connectivity index (χ3n) is 6.27. The van der Waals surface area contributed by atoms with Crippen LogP contribution < -0.4 is 11.1 Å². The van der Waals surface area contributed by atoms with Gasteiger partial charge in [-0.25, -0.2) is 15.0 Å². The number of likely N-dealkylation sites (N-methyl/N-ethyl adjacent to an activating group) is 1. The number of imidazole rings is 1. The van der Waals surface area contributed by atoms with Gasteiger partial charge in [0.15, 0.2) is 11.5 Å². The number of carbonyl (C=O) groups is 1. The summed E-state index contributed by atoms with van der Waals surface area (Å²) in [5.74, 6) is -0.324. The van der Waals surface area contributed by atoms with Crippen molar-refractivity contribution in [2.45, 2.75) is 13.0 Å². The van der Waals surface area contributed by atoms with Gasteiger partial charge in [-0.3, -0.25) is 9.69 Å². The van der Waals surface area contributed by atoms with Crippen LogP contribution in [0, 0.1) is 6.92 Å². The van der Waals surface area contributed by atoms with Crippen LogP contribution in [0.3, 0.4) is 0 Å². The summed E-state index contributed by atoms with van der Waals surface area (Å²) >= 11 is 0. The summed E-state index contributed by atoms with van der Waals surface area (Å²) in [4.78, 5) is 28.4. The lowest BCUT2D eigenvalue weighted by atomic mass is 10.0. The van der Waals surface area contributed by atoms with E-state index in [9.17, 15) is 4.79 Å². The molecule has 1 saturated heterocycles. The van der Waals surface area contributed by atoms with Crippen molar-refractivity contribution in [3.05, 3.63) is 65.7 Å². The van der Waals surface area contributed by atoms with Gasteiger partial charge in [0, 0.05) is 24.8 Å².